The van der Waals surface area contributed by atoms with Crippen molar-refractivity contribution in [2.24, 2.45) is 5.92 Å². The standard InChI is InChI=1S/C13H13NO3/c15-13(16-7-8-4-2-1-3-5-8)14-6-9-10(14)12-11(9)17-12/h1-5,9-12H,6-7H2/t9-,10+,11+,12-/m0/s1. The molecular weight excluding hydrogens is 218 g/mol. The maximum absolute atomic E-state index is 11.8. The van der Waals surface area contributed by atoms with Crippen molar-refractivity contribution in [1.29, 1.82) is 0 Å². The Bertz CT molecular complexity index is 461. The molecule has 0 N–H and O–H groups in total. The average Bonchev–Trinajstić information content (AvgIpc) is 3.01. The minimum atomic E-state index is -0.205. The summed E-state index contributed by atoms with van der Waals surface area (Å²) < 4.78 is 10.7. The highest BCUT2D eigenvalue weighted by Crippen LogP contribution is 2.55. The molecule has 17 heavy (non-hydrogen) atoms. The van der Waals surface area contributed by atoms with Crippen LogP contribution in [-0.4, -0.2) is 35.8 Å². The summed E-state index contributed by atoms with van der Waals surface area (Å²) in [5, 5.41) is 0. The Morgan fingerprint density at radius 2 is 2.18 bits per heavy atom. The van der Waals surface area contributed by atoms with Gasteiger partial charge in [0.05, 0.1) is 12.1 Å². The first kappa shape index (κ1) is 9.48. The predicted molar refractivity (Wildman–Crippen MR) is 59.3 cm³/mol. The molecule has 0 bridgehead atoms. The molecule has 4 rings (SSSR count). The lowest BCUT2D eigenvalue weighted by atomic mass is 9.71. The highest BCUT2D eigenvalue weighted by molar-refractivity contribution is 5.70. The average molecular weight is 231 g/mol. The fraction of sp³-hybridized carbons (Fsp3) is 0.462. The highest BCUT2D eigenvalue weighted by atomic mass is 16.6. The van der Waals surface area contributed by atoms with Crippen molar-refractivity contribution in [3.05, 3.63) is 35.9 Å². The Balaban J connectivity index is 1.33. The van der Waals surface area contributed by atoms with E-state index in [0.29, 0.717) is 30.8 Å². The molecular formula is C13H13NO3. The number of likely N-dealkylation sites (tertiary alicyclic amines) is 1. The molecule has 4 heteroatoms. The fourth-order valence-electron chi connectivity index (χ4n) is 2.88. The summed E-state index contributed by atoms with van der Waals surface area (Å²) in [6.45, 7) is 1.15. The smallest absolute Gasteiger partial charge is 0.410 e. The van der Waals surface area contributed by atoms with Gasteiger partial charge in [-0.25, -0.2) is 4.79 Å². The van der Waals surface area contributed by atoms with E-state index in [4.69, 9.17) is 9.47 Å². The Labute approximate surface area is 99.1 Å². The maximum Gasteiger partial charge on any atom is 0.410 e. The number of carbonyl (C=O) groups is 1. The van der Waals surface area contributed by atoms with E-state index >= 15 is 0 Å². The molecule has 1 aromatic carbocycles. The van der Waals surface area contributed by atoms with Crippen molar-refractivity contribution in [3.63, 3.8) is 0 Å². The van der Waals surface area contributed by atoms with Crippen LogP contribution in [0.2, 0.25) is 0 Å². The maximum atomic E-state index is 11.8. The van der Waals surface area contributed by atoms with Gasteiger partial charge < -0.3 is 14.4 Å². The minimum Gasteiger partial charge on any atom is -0.445 e. The molecule has 0 spiro atoms. The molecule has 2 aliphatic heterocycles. The number of piperidine rings is 1. The van der Waals surface area contributed by atoms with E-state index in [0.717, 1.165) is 12.1 Å². The normalized spacial score (nSPS) is 36.1. The fourth-order valence-corrected chi connectivity index (χ4v) is 2.88. The summed E-state index contributed by atoms with van der Waals surface area (Å²) in [6.07, 6.45) is 0.570. The second-order valence-corrected chi connectivity index (χ2v) is 4.91. The molecule has 1 saturated carbocycles. The molecule has 0 aromatic heterocycles. The highest BCUT2D eigenvalue weighted by Gasteiger charge is 2.72. The molecule has 4 atom stereocenters. The van der Waals surface area contributed by atoms with E-state index in [-0.39, 0.29) is 6.09 Å². The van der Waals surface area contributed by atoms with Gasteiger partial charge in [-0.3, -0.25) is 0 Å². The monoisotopic (exact) mass is 231 g/mol. The number of benzene rings is 1. The second-order valence-electron chi connectivity index (χ2n) is 4.91. The molecule has 1 aromatic rings. The van der Waals surface area contributed by atoms with E-state index in [2.05, 4.69) is 0 Å². The van der Waals surface area contributed by atoms with Gasteiger partial charge in [0.1, 0.15) is 12.7 Å². The largest absolute Gasteiger partial charge is 0.445 e. The zero-order chi connectivity index (χ0) is 11.4. The van der Waals surface area contributed by atoms with Crippen LogP contribution in [0.4, 0.5) is 4.79 Å². The van der Waals surface area contributed by atoms with Gasteiger partial charge in [0.15, 0.2) is 0 Å². The molecule has 2 heterocycles. The van der Waals surface area contributed by atoms with E-state index in [9.17, 15) is 4.79 Å². The summed E-state index contributed by atoms with van der Waals surface area (Å²) in [7, 11) is 0. The molecule has 1 amide bonds. The zero-order valence-electron chi connectivity index (χ0n) is 9.28. The third-order valence-corrected chi connectivity index (χ3v) is 3.97. The molecule has 0 radical (unpaired) electrons. The summed E-state index contributed by atoms with van der Waals surface area (Å²) in [5.41, 5.74) is 1.02. The Morgan fingerprint density at radius 3 is 2.94 bits per heavy atom. The van der Waals surface area contributed by atoms with E-state index < -0.39 is 0 Å². The summed E-state index contributed by atoms with van der Waals surface area (Å²) in [4.78, 5) is 13.6. The van der Waals surface area contributed by atoms with Gasteiger partial charge in [-0.1, -0.05) is 30.3 Å². The van der Waals surface area contributed by atoms with Gasteiger partial charge >= 0.3 is 6.09 Å². The van der Waals surface area contributed by atoms with Crippen LogP contribution in [-0.2, 0) is 16.1 Å². The third-order valence-electron chi connectivity index (χ3n) is 3.97. The van der Waals surface area contributed by atoms with E-state index in [1.165, 1.54) is 0 Å². The van der Waals surface area contributed by atoms with Crippen LogP contribution in [0, 0.1) is 5.92 Å². The third kappa shape index (κ3) is 1.30. The van der Waals surface area contributed by atoms with Crippen molar-refractivity contribution in [1.82, 2.24) is 4.90 Å². The summed E-state index contributed by atoms with van der Waals surface area (Å²) in [6, 6.07) is 10.0. The molecule has 2 saturated heterocycles. The van der Waals surface area contributed by atoms with Crippen molar-refractivity contribution < 1.29 is 14.3 Å². The second kappa shape index (κ2) is 3.23. The van der Waals surface area contributed by atoms with Crippen molar-refractivity contribution in [3.8, 4) is 0 Å². The first-order valence-electron chi connectivity index (χ1n) is 5.97. The van der Waals surface area contributed by atoms with Crippen LogP contribution in [0.5, 0.6) is 0 Å². The van der Waals surface area contributed by atoms with Crippen LogP contribution >= 0.6 is 0 Å². The topological polar surface area (TPSA) is 42.1 Å². The number of nitrogens with zero attached hydrogens (tertiary/aromatic N) is 1. The van der Waals surface area contributed by atoms with Crippen molar-refractivity contribution in [2.75, 3.05) is 6.54 Å². The van der Waals surface area contributed by atoms with Gasteiger partial charge in [0.2, 0.25) is 0 Å². The Morgan fingerprint density at radius 1 is 1.35 bits per heavy atom. The van der Waals surface area contributed by atoms with Gasteiger partial charge in [0.25, 0.3) is 0 Å². The first-order valence-corrected chi connectivity index (χ1v) is 5.97. The first-order chi connectivity index (χ1) is 8.34. The van der Waals surface area contributed by atoms with Gasteiger partial charge in [-0.2, -0.15) is 0 Å². The Hall–Kier alpha value is -1.55. The zero-order valence-corrected chi connectivity index (χ0v) is 9.28. The number of fused-ring (bicyclic) bond motifs is 4. The Kier molecular flexibility index (Phi) is 1.80. The molecule has 1 aliphatic carbocycles. The summed E-state index contributed by atoms with van der Waals surface area (Å²) >= 11 is 0. The van der Waals surface area contributed by atoms with Crippen LogP contribution in [0.15, 0.2) is 30.3 Å². The number of epoxide rings is 1. The van der Waals surface area contributed by atoms with Gasteiger partial charge in [-0.05, 0) is 5.56 Å². The van der Waals surface area contributed by atoms with Gasteiger partial charge in [0, 0.05) is 12.5 Å². The molecule has 4 nitrogen and oxygen atoms in total. The minimum absolute atomic E-state index is 0.205. The number of amides is 1. The lowest BCUT2D eigenvalue weighted by molar-refractivity contribution is -0.0265. The number of carbonyl (C=O) groups excluding carboxylic acids is 1. The SMILES string of the molecule is O=C(OCc1ccccc1)N1C[C@@H]2[C@H]3O[C@H]3[C@@H]21. The predicted octanol–water partition coefficient (Wildman–Crippen LogP) is 1.40. The number of ether oxygens (including phenoxy) is 2. The molecule has 0 unspecified atom stereocenters. The van der Waals surface area contributed by atoms with Crippen LogP contribution < -0.4 is 0 Å². The van der Waals surface area contributed by atoms with Crippen LogP contribution in [0.1, 0.15) is 5.56 Å². The lowest BCUT2D eigenvalue weighted by Crippen LogP contribution is -2.69. The molecule has 88 valence electrons. The number of hydrogen-bond donors (Lipinski definition) is 0. The molecule has 3 aliphatic rings. The number of rotatable bonds is 2. The van der Waals surface area contributed by atoms with Crippen molar-refractivity contribution in [2.45, 2.75) is 24.9 Å². The van der Waals surface area contributed by atoms with E-state index in [1.54, 1.807) is 4.90 Å². The van der Waals surface area contributed by atoms with Crippen LogP contribution in [0.3, 0.4) is 0 Å². The quantitative estimate of drug-likeness (QED) is 0.722. The van der Waals surface area contributed by atoms with Crippen molar-refractivity contribution >= 4 is 6.09 Å². The van der Waals surface area contributed by atoms with E-state index in [1.807, 2.05) is 30.3 Å². The van der Waals surface area contributed by atoms with Crippen LogP contribution in [0.25, 0.3) is 0 Å². The lowest BCUT2D eigenvalue weighted by Gasteiger charge is -2.50. The molecule has 3 fully saturated rings. The number of hydrogen-bond acceptors (Lipinski definition) is 3. The summed E-state index contributed by atoms with van der Waals surface area (Å²) in [5.74, 6) is 0.587. The van der Waals surface area contributed by atoms with Gasteiger partial charge in [-0.15, -0.1) is 0 Å².